The van der Waals surface area contributed by atoms with E-state index in [2.05, 4.69) is 48.2 Å². The fourth-order valence-electron chi connectivity index (χ4n) is 4.57. The number of likely N-dealkylation sites (tertiary alicyclic amines) is 1. The first-order valence-corrected chi connectivity index (χ1v) is 8.79. The van der Waals surface area contributed by atoms with Crippen molar-refractivity contribution in [3.8, 4) is 0 Å². The number of carbonyl (C=O) groups excluding carboxylic acids is 1. The van der Waals surface area contributed by atoms with Gasteiger partial charge in [0.1, 0.15) is 5.69 Å². The number of rotatable bonds is 2. The Hall–Kier alpha value is -2.07. The highest BCUT2D eigenvalue weighted by atomic mass is 16.2. The van der Waals surface area contributed by atoms with Gasteiger partial charge in [0.05, 0.1) is 0 Å². The lowest BCUT2D eigenvalue weighted by Gasteiger charge is -2.40. The van der Waals surface area contributed by atoms with Crippen molar-refractivity contribution in [2.75, 3.05) is 27.2 Å². The van der Waals surface area contributed by atoms with Crippen molar-refractivity contribution in [2.45, 2.75) is 30.7 Å². The lowest BCUT2D eigenvalue weighted by atomic mass is 9.73. The zero-order valence-electron chi connectivity index (χ0n) is 14.5. The fraction of sp³-hybridized carbons (Fsp3) is 0.450. The zero-order valence-corrected chi connectivity index (χ0v) is 14.5. The predicted octanol–water partition coefficient (Wildman–Crippen LogP) is 3.20. The van der Waals surface area contributed by atoms with Crippen LogP contribution >= 0.6 is 0 Å². The number of nitrogens with zero attached hydrogens (tertiary/aromatic N) is 2. The molecule has 1 aliphatic carbocycles. The molecule has 1 saturated heterocycles. The standard InChI is InChI=1S/C20H25N3O/c1-22(2)18-14-20(16-7-4-3-6-15(16)18)9-12-23(13-10-20)19(24)17-8-5-11-21-17/h3-8,11,18,21H,9-10,12-14H2,1-2H3/t18-/m0/s1. The van der Waals surface area contributed by atoms with Crippen molar-refractivity contribution in [2.24, 2.45) is 0 Å². The Balaban J connectivity index is 1.56. The molecule has 126 valence electrons. The fourth-order valence-corrected chi connectivity index (χ4v) is 4.57. The summed E-state index contributed by atoms with van der Waals surface area (Å²) in [5.74, 6) is 0.130. The first kappa shape index (κ1) is 15.5. The molecular formula is C20H25N3O. The Kier molecular flexibility index (Phi) is 3.72. The monoisotopic (exact) mass is 323 g/mol. The summed E-state index contributed by atoms with van der Waals surface area (Å²) >= 11 is 0. The van der Waals surface area contributed by atoms with Gasteiger partial charge in [-0.25, -0.2) is 0 Å². The summed E-state index contributed by atoms with van der Waals surface area (Å²) in [6, 6.07) is 13.1. The first-order valence-electron chi connectivity index (χ1n) is 8.79. The molecule has 1 aromatic heterocycles. The van der Waals surface area contributed by atoms with Crippen molar-refractivity contribution >= 4 is 5.91 Å². The van der Waals surface area contributed by atoms with Gasteiger partial charge in [0, 0.05) is 30.7 Å². The third kappa shape index (κ3) is 2.37. The average Bonchev–Trinajstić information content (AvgIpc) is 3.23. The van der Waals surface area contributed by atoms with Crippen molar-refractivity contribution in [3.05, 3.63) is 59.4 Å². The SMILES string of the molecule is CN(C)[C@H]1CC2(CCN(C(=O)c3ccc[nH]3)CC2)c2ccccc21. The molecule has 24 heavy (non-hydrogen) atoms. The molecule has 0 bridgehead atoms. The number of hydrogen-bond acceptors (Lipinski definition) is 2. The summed E-state index contributed by atoms with van der Waals surface area (Å²) in [5.41, 5.74) is 3.92. The summed E-state index contributed by atoms with van der Waals surface area (Å²) in [7, 11) is 4.34. The number of benzene rings is 1. The van der Waals surface area contributed by atoms with Crippen LogP contribution in [-0.2, 0) is 5.41 Å². The highest BCUT2D eigenvalue weighted by Gasteiger charge is 2.46. The van der Waals surface area contributed by atoms with Crippen LogP contribution in [0, 0.1) is 0 Å². The number of aromatic amines is 1. The summed E-state index contributed by atoms with van der Waals surface area (Å²) < 4.78 is 0. The van der Waals surface area contributed by atoms with E-state index in [4.69, 9.17) is 0 Å². The van der Waals surface area contributed by atoms with Crippen LogP contribution in [0.4, 0.5) is 0 Å². The number of hydrogen-bond donors (Lipinski definition) is 1. The number of piperidine rings is 1. The lowest BCUT2D eigenvalue weighted by molar-refractivity contribution is 0.0647. The second-order valence-corrected chi connectivity index (χ2v) is 7.43. The highest BCUT2D eigenvalue weighted by molar-refractivity contribution is 5.92. The van der Waals surface area contributed by atoms with E-state index in [0.717, 1.165) is 25.9 Å². The third-order valence-corrected chi connectivity index (χ3v) is 5.93. The Bertz CT molecular complexity index is 727. The van der Waals surface area contributed by atoms with Gasteiger partial charge in [0.25, 0.3) is 5.91 Å². The van der Waals surface area contributed by atoms with Crippen molar-refractivity contribution in [1.29, 1.82) is 0 Å². The second kappa shape index (κ2) is 5.78. The number of fused-ring (bicyclic) bond motifs is 2. The molecule has 1 amide bonds. The Labute approximate surface area is 143 Å². The van der Waals surface area contributed by atoms with Crippen LogP contribution in [0.2, 0.25) is 0 Å². The van der Waals surface area contributed by atoms with E-state index < -0.39 is 0 Å². The predicted molar refractivity (Wildman–Crippen MR) is 95.1 cm³/mol. The molecule has 0 radical (unpaired) electrons. The Morgan fingerprint density at radius 1 is 1.17 bits per heavy atom. The van der Waals surface area contributed by atoms with E-state index in [0.29, 0.717) is 11.7 Å². The van der Waals surface area contributed by atoms with Gasteiger partial charge in [-0.05, 0) is 56.6 Å². The molecule has 2 heterocycles. The summed E-state index contributed by atoms with van der Waals surface area (Å²) in [6.45, 7) is 1.68. The Morgan fingerprint density at radius 2 is 1.92 bits per heavy atom. The minimum absolute atomic E-state index is 0.130. The van der Waals surface area contributed by atoms with Gasteiger partial charge in [-0.2, -0.15) is 0 Å². The van der Waals surface area contributed by atoms with Crippen molar-refractivity contribution in [3.63, 3.8) is 0 Å². The van der Waals surface area contributed by atoms with E-state index in [1.165, 1.54) is 17.5 Å². The van der Waals surface area contributed by atoms with E-state index in [-0.39, 0.29) is 11.3 Å². The van der Waals surface area contributed by atoms with Gasteiger partial charge in [-0.1, -0.05) is 24.3 Å². The largest absolute Gasteiger partial charge is 0.357 e. The maximum Gasteiger partial charge on any atom is 0.270 e. The molecule has 1 aromatic carbocycles. The maximum absolute atomic E-state index is 12.6. The lowest BCUT2D eigenvalue weighted by Crippen LogP contribution is -2.44. The summed E-state index contributed by atoms with van der Waals surface area (Å²) in [6.07, 6.45) is 5.10. The van der Waals surface area contributed by atoms with Crippen LogP contribution in [0.25, 0.3) is 0 Å². The van der Waals surface area contributed by atoms with Gasteiger partial charge < -0.3 is 14.8 Å². The molecule has 1 N–H and O–H groups in total. The van der Waals surface area contributed by atoms with E-state index in [9.17, 15) is 4.79 Å². The van der Waals surface area contributed by atoms with Crippen LogP contribution in [0.15, 0.2) is 42.6 Å². The molecule has 1 spiro atoms. The number of amides is 1. The number of carbonyl (C=O) groups is 1. The van der Waals surface area contributed by atoms with Gasteiger partial charge in [-0.15, -0.1) is 0 Å². The summed E-state index contributed by atoms with van der Waals surface area (Å²) in [4.78, 5) is 19.9. The van der Waals surface area contributed by atoms with Crippen molar-refractivity contribution < 1.29 is 4.79 Å². The van der Waals surface area contributed by atoms with Crippen LogP contribution in [-0.4, -0.2) is 47.9 Å². The molecule has 0 saturated carbocycles. The quantitative estimate of drug-likeness (QED) is 0.922. The number of nitrogens with one attached hydrogen (secondary N) is 1. The molecule has 1 aliphatic heterocycles. The van der Waals surface area contributed by atoms with Gasteiger partial charge in [-0.3, -0.25) is 4.79 Å². The highest BCUT2D eigenvalue weighted by Crippen LogP contribution is 2.52. The number of H-pyrrole nitrogens is 1. The van der Waals surface area contributed by atoms with Gasteiger partial charge in [0.2, 0.25) is 0 Å². The number of aromatic nitrogens is 1. The topological polar surface area (TPSA) is 39.3 Å². The molecule has 1 atom stereocenters. The summed E-state index contributed by atoms with van der Waals surface area (Å²) in [5, 5.41) is 0. The first-order chi connectivity index (χ1) is 11.6. The molecule has 4 heteroatoms. The van der Waals surface area contributed by atoms with Gasteiger partial charge in [0.15, 0.2) is 0 Å². The molecule has 4 rings (SSSR count). The molecular weight excluding hydrogens is 298 g/mol. The molecule has 2 aromatic rings. The maximum atomic E-state index is 12.6. The minimum atomic E-state index is 0.130. The van der Waals surface area contributed by atoms with Crippen LogP contribution in [0.3, 0.4) is 0 Å². The van der Waals surface area contributed by atoms with Gasteiger partial charge >= 0.3 is 0 Å². The third-order valence-electron chi connectivity index (χ3n) is 5.93. The zero-order chi connectivity index (χ0) is 16.7. The normalized spacial score (nSPS) is 22.1. The molecule has 4 nitrogen and oxygen atoms in total. The Morgan fingerprint density at radius 3 is 2.58 bits per heavy atom. The van der Waals surface area contributed by atoms with Crippen LogP contribution in [0.1, 0.15) is 46.9 Å². The smallest absolute Gasteiger partial charge is 0.270 e. The van der Waals surface area contributed by atoms with E-state index in [1.807, 2.05) is 23.2 Å². The van der Waals surface area contributed by atoms with Crippen LogP contribution in [0.5, 0.6) is 0 Å². The van der Waals surface area contributed by atoms with E-state index >= 15 is 0 Å². The average molecular weight is 323 g/mol. The second-order valence-electron chi connectivity index (χ2n) is 7.43. The molecule has 2 aliphatic rings. The van der Waals surface area contributed by atoms with E-state index in [1.54, 1.807) is 0 Å². The van der Waals surface area contributed by atoms with Crippen molar-refractivity contribution in [1.82, 2.24) is 14.8 Å². The molecule has 0 unspecified atom stereocenters. The van der Waals surface area contributed by atoms with Crippen LogP contribution < -0.4 is 0 Å². The molecule has 1 fully saturated rings. The minimum Gasteiger partial charge on any atom is -0.357 e.